The Morgan fingerprint density at radius 3 is 2.18 bits per heavy atom. The van der Waals surface area contributed by atoms with E-state index in [4.69, 9.17) is 31.4 Å². The van der Waals surface area contributed by atoms with Crippen LogP contribution in [0.1, 0.15) is 24.5 Å². The highest BCUT2D eigenvalue weighted by molar-refractivity contribution is 6.32. The Morgan fingerprint density at radius 1 is 0.939 bits per heavy atom. The molecule has 1 atom stereocenters. The zero-order chi connectivity index (χ0) is 36.5. The van der Waals surface area contributed by atoms with Gasteiger partial charge in [0, 0.05) is 43.6 Å². The molecule has 0 radical (unpaired) electrons. The Bertz CT molecular complexity index is 1670. The molecule has 264 valence electrons. The SMILES string of the molecule is CC(=O)N1CC[C@H](NC(=O)Nc2ccc3cc2CCc2cncc(c2)Nc2ncc(Cl)c(n2)N3)C1.O=C(O)C(F)(F)F.O=C(O)C(F)(F)F. The summed E-state index contributed by atoms with van der Waals surface area (Å²) >= 11 is 6.33. The van der Waals surface area contributed by atoms with Crippen LogP contribution < -0.4 is 21.3 Å². The van der Waals surface area contributed by atoms with Gasteiger partial charge in [-0.05, 0) is 54.7 Å². The molecular formula is C28H27ClF6N8O6. The van der Waals surface area contributed by atoms with Crippen LogP contribution >= 0.6 is 11.6 Å². The fourth-order valence-electron chi connectivity index (χ4n) is 4.26. The minimum Gasteiger partial charge on any atom is -0.475 e. The van der Waals surface area contributed by atoms with E-state index < -0.39 is 24.3 Å². The van der Waals surface area contributed by atoms with Gasteiger partial charge in [-0.1, -0.05) is 11.6 Å². The van der Waals surface area contributed by atoms with Gasteiger partial charge in [-0.2, -0.15) is 31.3 Å². The van der Waals surface area contributed by atoms with Crippen molar-refractivity contribution in [2.24, 2.45) is 0 Å². The molecule has 14 nitrogen and oxygen atoms in total. The van der Waals surface area contributed by atoms with E-state index in [9.17, 15) is 35.9 Å². The number of aryl methyl sites for hydroxylation is 2. The minimum atomic E-state index is -5.08. The van der Waals surface area contributed by atoms with Crippen LogP contribution in [0.3, 0.4) is 0 Å². The predicted octanol–water partition coefficient (Wildman–Crippen LogP) is 5.12. The van der Waals surface area contributed by atoms with Crippen molar-refractivity contribution in [3.8, 4) is 0 Å². The van der Waals surface area contributed by atoms with Crippen molar-refractivity contribution in [2.75, 3.05) is 29.0 Å². The van der Waals surface area contributed by atoms with E-state index in [1.807, 2.05) is 30.5 Å². The van der Waals surface area contributed by atoms with Crippen molar-refractivity contribution in [1.82, 2.24) is 25.2 Å². The second-order valence-corrected chi connectivity index (χ2v) is 10.7. The molecule has 0 unspecified atom stereocenters. The van der Waals surface area contributed by atoms with Crippen molar-refractivity contribution in [2.45, 2.75) is 44.6 Å². The van der Waals surface area contributed by atoms with E-state index in [0.717, 1.165) is 35.3 Å². The van der Waals surface area contributed by atoms with Crippen LogP contribution in [-0.2, 0) is 27.2 Å². The number of carboxylic acids is 2. The first-order valence-electron chi connectivity index (χ1n) is 13.9. The number of fused-ring (bicyclic) bond motifs is 6. The molecule has 0 saturated carbocycles. The number of aliphatic carboxylic acids is 2. The number of hydrogen-bond donors (Lipinski definition) is 6. The number of anilines is 5. The Morgan fingerprint density at radius 2 is 1.59 bits per heavy atom. The molecule has 2 aliphatic rings. The van der Waals surface area contributed by atoms with Gasteiger partial charge in [-0.15, -0.1) is 0 Å². The number of benzene rings is 1. The van der Waals surface area contributed by atoms with Crippen molar-refractivity contribution in [3.05, 3.63) is 59.0 Å². The molecule has 1 saturated heterocycles. The topological polar surface area (TPSA) is 199 Å². The molecule has 6 N–H and O–H groups in total. The molecule has 0 aliphatic carbocycles. The van der Waals surface area contributed by atoms with Gasteiger partial charge in [-0.3, -0.25) is 9.78 Å². The smallest absolute Gasteiger partial charge is 0.475 e. The number of carbonyl (C=O) groups is 4. The molecule has 5 rings (SSSR count). The number of halogens is 7. The van der Waals surface area contributed by atoms with Gasteiger partial charge >= 0.3 is 30.3 Å². The number of pyridine rings is 1. The molecule has 0 spiro atoms. The lowest BCUT2D eigenvalue weighted by Gasteiger charge is -2.17. The lowest BCUT2D eigenvalue weighted by atomic mass is 10.0. The first kappa shape index (κ1) is 38.1. The molecule has 2 aliphatic heterocycles. The van der Waals surface area contributed by atoms with E-state index in [1.54, 1.807) is 18.0 Å². The van der Waals surface area contributed by atoms with Crippen molar-refractivity contribution >= 4 is 64.3 Å². The number of alkyl halides is 6. The van der Waals surface area contributed by atoms with Gasteiger partial charge < -0.3 is 36.4 Å². The number of likely N-dealkylation sites (tertiary alicyclic amines) is 1. The third-order valence-corrected chi connectivity index (χ3v) is 6.82. The summed E-state index contributed by atoms with van der Waals surface area (Å²) in [5.74, 6) is -4.62. The van der Waals surface area contributed by atoms with Crippen LogP contribution in [0.25, 0.3) is 0 Å². The lowest BCUT2D eigenvalue weighted by molar-refractivity contribution is -0.193. The van der Waals surface area contributed by atoms with Gasteiger partial charge in [0.15, 0.2) is 5.82 Å². The average molecular weight is 721 g/mol. The number of hydrogen-bond acceptors (Lipinski definition) is 9. The number of carboxylic acid groups (broad SMARTS) is 2. The summed E-state index contributed by atoms with van der Waals surface area (Å²) in [4.78, 5) is 56.9. The first-order valence-corrected chi connectivity index (χ1v) is 14.3. The van der Waals surface area contributed by atoms with Crippen molar-refractivity contribution < 1.29 is 55.7 Å². The van der Waals surface area contributed by atoms with Gasteiger partial charge in [0.05, 0.1) is 18.1 Å². The van der Waals surface area contributed by atoms with Crippen LogP contribution in [0.4, 0.5) is 60.0 Å². The van der Waals surface area contributed by atoms with E-state index in [2.05, 4.69) is 36.2 Å². The second-order valence-electron chi connectivity index (χ2n) is 10.2. The monoisotopic (exact) mass is 720 g/mol. The summed E-state index contributed by atoms with van der Waals surface area (Å²) < 4.78 is 63.5. The second kappa shape index (κ2) is 16.1. The molecule has 3 aromatic rings. The number of rotatable bonds is 2. The van der Waals surface area contributed by atoms with E-state index in [1.165, 1.54) is 6.20 Å². The fourth-order valence-corrected chi connectivity index (χ4v) is 4.40. The van der Waals surface area contributed by atoms with Crippen LogP contribution in [0.15, 0.2) is 42.9 Å². The maximum absolute atomic E-state index is 12.7. The molecule has 2 aromatic heterocycles. The maximum Gasteiger partial charge on any atom is 0.490 e. The number of nitrogens with one attached hydrogen (secondary N) is 4. The quantitative estimate of drug-likeness (QED) is 0.192. The maximum atomic E-state index is 12.7. The van der Waals surface area contributed by atoms with Crippen molar-refractivity contribution in [3.63, 3.8) is 0 Å². The summed E-state index contributed by atoms with van der Waals surface area (Å²) in [7, 11) is 0. The average Bonchev–Trinajstić information content (AvgIpc) is 3.47. The highest BCUT2D eigenvalue weighted by Crippen LogP contribution is 2.29. The number of urea groups is 1. The van der Waals surface area contributed by atoms with Gasteiger partial charge in [0.1, 0.15) is 5.02 Å². The number of carbonyl (C=O) groups excluding carboxylic acids is 2. The highest BCUT2D eigenvalue weighted by atomic mass is 35.5. The van der Waals surface area contributed by atoms with E-state index >= 15 is 0 Å². The van der Waals surface area contributed by atoms with Gasteiger partial charge in [-0.25, -0.2) is 19.4 Å². The minimum absolute atomic E-state index is 0.0220. The third-order valence-electron chi connectivity index (χ3n) is 6.55. The summed E-state index contributed by atoms with van der Waals surface area (Å²) in [5.41, 5.74) is 4.25. The zero-order valence-electron chi connectivity index (χ0n) is 25.1. The Balaban J connectivity index is 0.000000392. The fraction of sp³-hybridized carbons (Fsp3) is 0.321. The Hall–Kier alpha value is -5.40. The van der Waals surface area contributed by atoms with Gasteiger partial charge in [0.25, 0.3) is 0 Å². The van der Waals surface area contributed by atoms with Crippen LogP contribution in [0, 0.1) is 0 Å². The van der Waals surface area contributed by atoms with Crippen LogP contribution in [0.2, 0.25) is 5.02 Å². The molecule has 1 aromatic carbocycles. The summed E-state index contributed by atoms with van der Waals surface area (Å²) in [6.07, 6.45) is -2.97. The van der Waals surface area contributed by atoms with Crippen LogP contribution in [-0.4, -0.2) is 85.4 Å². The summed E-state index contributed by atoms with van der Waals surface area (Å²) in [5, 5.41) is 27.0. The van der Waals surface area contributed by atoms with E-state index in [-0.39, 0.29) is 18.0 Å². The number of aromatic nitrogens is 3. The standard InChI is InChI=1S/C24H25ClN8O2.2C2HF3O2/c1-14(34)33-7-6-18(13-33)30-24(35)31-21-5-4-17-9-16(21)3-2-15-8-19(11-26-10-15)29-23-27-12-20(25)22(28-17)32-23;2*3-2(4,5)1(6)7/h4-5,8-12,18H,2-3,6-7,13H2,1H3,(H2,30,31,35)(H2,27,28,29,32);2*(H,6,7)/t18-;;/m0../s1. The normalized spacial score (nSPS) is 15.1. The largest absolute Gasteiger partial charge is 0.490 e. The molecule has 6 bridgehead atoms. The van der Waals surface area contributed by atoms with Crippen molar-refractivity contribution in [1.29, 1.82) is 0 Å². The summed E-state index contributed by atoms with van der Waals surface area (Å²) in [6.45, 7) is 2.72. The zero-order valence-corrected chi connectivity index (χ0v) is 25.9. The summed E-state index contributed by atoms with van der Waals surface area (Å²) in [6, 6.07) is 7.33. The number of nitrogens with zero attached hydrogens (tertiary/aromatic N) is 4. The first-order chi connectivity index (χ1) is 22.8. The third kappa shape index (κ3) is 12.0. The van der Waals surface area contributed by atoms with Gasteiger partial charge in [0.2, 0.25) is 11.9 Å². The molecule has 49 heavy (non-hydrogen) atoms. The Labute approximate surface area is 277 Å². The molecule has 1 fully saturated rings. The molecule has 4 heterocycles. The predicted molar refractivity (Wildman–Crippen MR) is 162 cm³/mol. The van der Waals surface area contributed by atoms with E-state index in [0.29, 0.717) is 42.0 Å². The molecule has 3 amide bonds. The lowest BCUT2D eigenvalue weighted by Crippen LogP contribution is -2.40. The molecule has 21 heteroatoms. The highest BCUT2D eigenvalue weighted by Gasteiger charge is 2.39. The Kier molecular flexibility index (Phi) is 12.5. The molecular weight excluding hydrogens is 694 g/mol. The number of amides is 3. The van der Waals surface area contributed by atoms with Crippen LogP contribution in [0.5, 0.6) is 0 Å².